The minimum atomic E-state index is -5.08. The van der Waals surface area contributed by atoms with Crippen LogP contribution in [0.2, 0.25) is 0 Å². The standard InChI is InChI=1S/C16H21N3O3S.C2HF3O2/c1-5-17-16-19-10(2)14(23-16)15(20)18-9-11-6-7-12(21-3)13(8-11)22-4;3-2(4,5)1(6)7/h6-8H,5,9H2,1-4H3,(H,17,19)(H,18,20);(H,6,7). The van der Waals surface area contributed by atoms with Crippen molar-refractivity contribution in [2.24, 2.45) is 0 Å². The zero-order valence-corrected chi connectivity index (χ0v) is 17.5. The quantitative estimate of drug-likeness (QED) is 0.594. The highest BCUT2D eigenvalue weighted by Crippen LogP contribution is 2.27. The molecule has 0 saturated heterocycles. The van der Waals surface area contributed by atoms with Crippen LogP contribution in [0.15, 0.2) is 18.2 Å². The summed E-state index contributed by atoms with van der Waals surface area (Å²) in [5.41, 5.74) is 1.67. The van der Waals surface area contributed by atoms with Crippen molar-refractivity contribution in [1.82, 2.24) is 10.3 Å². The number of carbonyl (C=O) groups excluding carboxylic acids is 1. The molecule has 0 aliphatic rings. The summed E-state index contributed by atoms with van der Waals surface area (Å²) in [6.45, 7) is 5.02. The molecule has 1 aromatic heterocycles. The van der Waals surface area contributed by atoms with Crippen molar-refractivity contribution >= 4 is 28.3 Å². The molecule has 0 aliphatic carbocycles. The Hall–Kier alpha value is -3.02. The number of ether oxygens (including phenoxy) is 2. The van der Waals surface area contributed by atoms with Gasteiger partial charge < -0.3 is 25.2 Å². The minimum absolute atomic E-state index is 0.126. The molecule has 2 rings (SSSR count). The van der Waals surface area contributed by atoms with E-state index < -0.39 is 12.1 Å². The van der Waals surface area contributed by atoms with E-state index >= 15 is 0 Å². The fourth-order valence-electron chi connectivity index (χ4n) is 2.09. The number of methoxy groups -OCH3 is 2. The summed E-state index contributed by atoms with van der Waals surface area (Å²) in [6.07, 6.45) is -5.08. The van der Waals surface area contributed by atoms with Gasteiger partial charge in [0.1, 0.15) is 4.88 Å². The maximum Gasteiger partial charge on any atom is 0.490 e. The Morgan fingerprint density at radius 1 is 1.20 bits per heavy atom. The summed E-state index contributed by atoms with van der Waals surface area (Å²) < 4.78 is 42.2. The summed E-state index contributed by atoms with van der Waals surface area (Å²) in [6, 6.07) is 5.56. The lowest BCUT2D eigenvalue weighted by molar-refractivity contribution is -0.192. The van der Waals surface area contributed by atoms with Gasteiger partial charge in [0.25, 0.3) is 5.91 Å². The van der Waals surface area contributed by atoms with E-state index in [1.807, 2.05) is 32.0 Å². The molecule has 8 nitrogen and oxygen atoms in total. The lowest BCUT2D eigenvalue weighted by atomic mass is 10.2. The van der Waals surface area contributed by atoms with Gasteiger partial charge in [0.2, 0.25) is 0 Å². The van der Waals surface area contributed by atoms with Gasteiger partial charge in [-0.2, -0.15) is 13.2 Å². The second kappa shape index (κ2) is 11.2. The zero-order chi connectivity index (χ0) is 22.9. The predicted molar refractivity (Wildman–Crippen MR) is 105 cm³/mol. The number of carboxylic acid groups (broad SMARTS) is 1. The molecule has 3 N–H and O–H groups in total. The second-order valence-electron chi connectivity index (χ2n) is 5.64. The number of aryl methyl sites for hydroxylation is 1. The first-order valence-electron chi connectivity index (χ1n) is 8.53. The number of nitrogens with zero attached hydrogens (tertiary/aromatic N) is 1. The van der Waals surface area contributed by atoms with Crippen LogP contribution in [0.25, 0.3) is 0 Å². The summed E-state index contributed by atoms with van der Waals surface area (Å²) in [4.78, 5) is 26.2. The van der Waals surface area contributed by atoms with Gasteiger partial charge in [-0.25, -0.2) is 9.78 Å². The molecule has 0 bridgehead atoms. The van der Waals surface area contributed by atoms with Crippen LogP contribution in [0.1, 0.15) is 27.9 Å². The Labute approximate surface area is 175 Å². The van der Waals surface area contributed by atoms with E-state index in [0.29, 0.717) is 22.9 Å². The smallest absolute Gasteiger partial charge is 0.490 e. The molecule has 1 aromatic carbocycles. The molecule has 0 radical (unpaired) electrons. The van der Waals surface area contributed by atoms with Crippen LogP contribution in [-0.4, -0.2) is 48.9 Å². The zero-order valence-electron chi connectivity index (χ0n) is 16.7. The van der Waals surface area contributed by atoms with Crippen LogP contribution < -0.4 is 20.1 Å². The molecule has 0 spiro atoms. The molecular weight excluding hydrogens is 427 g/mol. The Balaban J connectivity index is 0.000000553. The third kappa shape index (κ3) is 7.43. The molecule has 2 aromatic rings. The average Bonchev–Trinajstić information content (AvgIpc) is 3.06. The Bertz CT molecular complexity index is 871. The first-order chi connectivity index (χ1) is 14.0. The van der Waals surface area contributed by atoms with E-state index in [2.05, 4.69) is 15.6 Å². The third-order valence-electron chi connectivity index (χ3n) is 3.47. The van der Waals surface area contributed by atoms with Gasteiger partial charge in [0.05, 0.1) is 19.9 Å². The van der Waals surface area contributed by atoms with Gasteiger partial charge in [-0.3, -0.25) is 4.79 Å². The van der Waals surface area contributed by atoms with Crippen LogP contribution in [0.3, 0.4) is 0 Å². The first kappa shape index (κ1) is 25.0. The molecule has 0 unspecified atom stereocenters. The largest absolute Gasteiger partial charge is 0.493 e. The maximum absolute atomic E-state index is 12.3. The number of nitrogens with one attached hydrogen (secondary N) is 2. The normalized spacial score (nSPS) is 10.5. The highest BCUT2D eigenvalue weighted by atomic mass is 32.1. The molecule has 166 valence electrons. The average molecular weight is 449 g/mol. The van der Waals surface area contributed by atoms with Gasteiger partial charge in [-0.05, 0) is 31.5 Å². The Morgan fingerprint density at radius 3 is 2.30 bits per heavy atom. The van der Waals surface area contributed by atoms with Gasteiger partial charge in [-0.1, -0.05) is 17.4 Å². The number of aromatic nitrogens is 1. The van der Waals surface area contributed by atoms with Crippen LogP contribution in [0, 0.1) is 6.92 Å². The van der Waals surface area contributed by atoms with E-state index in [9.17, 15) is 18.0 Å². The van der Waals surface area contributed by atoms with Crippen molar-refractivity contribution in [2.75, 3.05) is 26.1 Å². The third-order valence-corrected chi connectivity index (χ3v) is 4.59. The number of amides is 1. The lowest BCUT2D eigenvalue weighted by Crippen LogP contribution is -2.22. The maximum atomic E-state index is 12.3. The molecule has 0 saturated carbocycles. The number of rotatable bonds is 7. The summed E-state index contributed by atoms with van der Waals surface area (Å²) in [5.74, 6) is -1.58. The first-order valence-corrected chi connectivity index (χ1v) is 9.35. The number of carboxylic acids is 1. The van der Waals surface area contributed by atoms with Crippen molar-refractivity contribution in [2.45, 2.75) is 26.6 Å². The number of benzene rings is 1. The topological polar surface area (TPSA) is 110 Å². The van der Waals surface area contributed by atoms with Crippen LogP contribution >= 0.6 is 11.3 Å². The molecule has 1 amide bonds. The van der Waals surface area contributed by atoms with Crippen molar-refractivity contribution in [3.05, 3.63) is 34.3 Å². The minimum Gasteiger partial charge on any atom is -0.493 e. The number of hydrogen-bond donors (Lipinski definition) is 3. The number of hydrogen-bond acceptors (Lipinski definition) is 7. The number of anilines is 1. The molecule has 0 atom stereocenters. The van der Waals surface area contributed by atoms with Crippen molar-refractivity contribution < 1.29 is 37.3 Å². The van der Waals surface area contributed by atoms with Gasteiger partial charge in [-0.15, -0.1) is 0 Å². The summed E-state index contributed by atoms with van der Waals surface area (Å²) >= 11 is 1.36. The lowest BCUT2D eigenvalue weighted by Gasteiger charge is -2.10. The van der Waals surface area contributed by atoms with Gasteiger partial charge in [0.15, 0.2) is 16.6 Å². The van der Waals surface area contributed by atoms with E-state index in [-0.39, 0.29) is 5.91 Å². The highest BCUT2D eigenvalue weighted by Gasteiger charge is 2.38. The van der Waals surface area contributed by atoms with Crippen molar-refractivity contribution in [3.63, 3.8) is 0 Å². The van der Waals surface area contributed by atoms with Crippen molar-refractivity contribution in [1.29, 1.82) is 0 Å². The summed E-state index contributed by atoms with van der Waals surface area (Å²) in [5, 5.41) is 13.9. The Morgan fingerprint density at radius 2 is 1.80 bits per heavy atom. The Kier molecular flexibility index (Phi) is 9.37. The predicted octanol–water partition coefficient (Wildman–Crippen LogP) is 3.46. The van der Waals surface area contributed by atoms with E-state index in [1.54, 1.807) is 14.2 Å². The van der Waals surface area contributed by atoms with Crippen molar-refractivity contribution in [3.8, 4) is 11.5 Å². The number of halogens is 3. The van der Waals surface area contributed by atoms with Gasteiger partial charge >= 0.3 is 12.1 Å². The molecule has 0 aliphatic heterocycles. The second-order valence-corrected chi connectivity index (χ2v) is 6.64. The summed E-state index contributed by atoms with van der Waals surface area (Å²) in [7, 11) is 3.18. The number of alkyl halides is 3. The van der Waals surface area contributed by atoms with Gasteiger partial charge in [0, 0.05) is 13.1 Å². The molecule has 1 heterocycles. The van der Waals surface area contributed by atoms with Crippen LogP contribution in [0.5, 0.6) is 11.5 Å². The number of thiazole rings is 1. The van der Waals surface area contributed by atoms with E-state index in [4.69, 9.17) is 19.4 Å². The number of aliphatic carboxylic acids is 1. The molecule has 12 heteroatoms. The molecule has 30 heavy (non-hydrogen) atoms. The highest BCUT2D eigenvalue weighted by molar-refractivity contribution is 7.17. The van der Waals surface area contributed by atoms with Crippen LogP contribution in [-0.2, 0) is 11.3 Å². The molecular formula is C18H22F3N3O5S. The SMILES string of the molecule is CCNc1nc(C)c(C(=O)NCc2ccc(OC)c(OC)c2)s1.O=C(O)C(F)(F)F. The van der Waals surface area contributed by atoms with Crippen LogP contribution in [0.4, 0.5) is 18.3 Å². The van der Waals surface area contributed by atoms with E-state index in [0.717, 1.165) is 22.9 Å². The van der Waals surface area contributed by atoms with E-state index in [1.165, 1.54) is 11.3 Å². The molecule has 0 fully saturated rings. The fraction of sp³-hybridized carbons (Fsp3) is 0.389. The fourth-order valence-corrected chi connectivity index (χ4v) is 3.04. The number of carbonyl (C=O) groups is 2. The monoisotopic (exact) mass is 449 g/mol.